The van der Waals surface area contributed by atoms with E-state index in [1.807, 2.05) is 13.8 Å². The van der Waals surface area contributed by atoms with Gasteiger partial charge in [0.05, 0.1) is 11.1 Å². The quantitative estimate of drug-likeness (QED) is 0.541. The van der Waals surface area contributed by atoms with Gasteiger partial charge in [0.2, 0.25) is 0 Å². The number of benzene rings is 1. The number of carbonyl (C=O) groups is 4. The Hall–Kier alpha value is -2.70. The number of ether oxygens (including phenoxy) is 1. The second-order valence-corrected chi connectivity index (χ2v) is 8.37. The minimum atomic E-state index is -1.05. The van der Waals surface area contributed by atoms with Crippen LogP contribution in [-0.2, 0) is 14.3 Å². The summed E-state index contributed by atoms with van der Waals surface area (Å²) in [6.45, 7) is 6.84. The Morgan fingerprint density at radius 1 is 1.14 bits per heavy atom. The highest BCUT2D eigenvalue weighted by molar-refractivity contribution is 6.22. The number of esters is 1. The molecule has 7 nitrogen and oxygen atoms in total. The van der Waals surface area contributed by atoms with E-state index in [1.54, 1.807) is 29.2 Å². The molecule has 0 aliphatic carbocycles. The van der Waals surface area contributed by atoms with Crippen LogP contribution in [-0.4, -0.2) is 59.2 Å². The molecular weight excluding hydrogens is 372 g/mol. The Labute approximate surface area is 171 Å². The molecule has 0 unspecified atom stereocenters. The summed E-state index contributed by atoms with van der Waals surface area (Å²) in [5.74, 6) is -1.47. The van der Waals surface area contributed by atoms with E-state index in [9.17, 15) is 19.2 Å². The molecule has 2 aliphatic heterocycles. The SMILES string of the molecule is CC(C)C[C@H](C(=O)OCC(=O)N1CCC[C@H](C)C1)N1C(=O)c2ccccc2C1=O. The van der Waals surface area contributed by atoms with E-state index < -0.39 is 23.8 Å². The van der Waals surface area contributed by atoms with E-state index in [2.05, 4.69) is 6.92 Å². The summed E-state index contributed by atoms with van der Waals surface area (Å²) in [6.07, 6.45) is 2.30. The van der Waals surface area contributed by atoms with Crippen LogP contribution in [0, 0.1) is 11.8 Å². The van der Waals surface area contributed by atoms with Crippen molar-refractivity contribution in [2.75, 3.05) is 19.7 Å². The van der Waals surface area contributed by atoms with Gasteiger partial charge in [0.25, 0.3) is 17.7 Å². The highest BCUT2D eigenvalue weighted by Crippen LogP contribution is 2.27. The smallest absolute Gasteiger partial charge is 0.329 e. The molecular formula is C22H28N2O5. The summed E-state index contributed by atoms with van der Waals surface area (Å²) in [4.78, 5) is 53.5. The fraction of sp³-hybridized carbons (Fsp3) is 0.545. The molecule has 7 heteroatoms. The number of fused-ring (bicyclic) bond motifs is 1. The summed E-state index contributed by atoms with van der Waals surface area (Å²) in [5, 5.41) is 0. The molecule has 29 heavy (non-hydrogen) atoms. The second kappa shape index (κ2) is 8.76. The zero-order valence-electron chi connectivity index (χ0n) is 17.2. The Morgan fingerprint density at radius 2 is 1.76 bits per heavy atom. The van der Waals surface area contributed by atoms with Gasteiger partial charge in [-0.1, -0.05) is 32.9 Å². The molecule has 0 saturated carbocycles. The molecule has 2 aliphatic rings. The van der Waals surface area contributed by atoms with Crippen molar-refractivity contribution in [2.24, 2.45) is 11.8 Å². The van der Waals surface area contributed by atoms with Crippen molar-refractivity contribution in [3.8, 4) is 0 Å². The molecule has 0 aromatic heterocycles. The number of hydrogen-bond acceptors (Lipinski definition) is 5. The Kier molecular flexibility index (Phi) is 6.35. The van der Waals surface area contributed by atoms with Crippen LogP contribution in [0.2, 0.25) is 0 Å². The number of likely N-dealkylation sites (tertiary alicyclic amines) is 1. The van der Waals surface area contributed by atoms with Crippen LogP contribution in [0.4, 0.5) is 0 Å². The molecule has 1 fully saturated rings. The first-order valence-corrected chi connectivity index (χ1v) is 10.2. The van der Waals surface area contributed by atoms with Gasteiger partial charge in [-0.3, -0.25) is 19.3 Å². The van der Waals surface area contributed by atoms with Gasteiger partial charge in [-0.05, 0) is 43.2 Å². The van der Waals surface area contributed by atoms with Crippen LogP contribution in [0.3, 0.4) is 0 Å². The first kappa shape index (κ1) is 21.0. The molecule has 1 saturated heterocycles. The molecule has 156 valence electrons. The van der Waals surface area contributed by atoms with E-state index in [0.29, 0.717) is 19.0 Å². The number of carbonyl (C=O) groups excluding carboxylic acids is 4. The Bertz CT molecular complexity index is 784. The summed E-state index contributed by atoms with van der Waals surface area (Å²) in [5.41, 5.74) is 0.579. The highest BCUT2D eigenvalue weighted by Gasteiger charge is 2.43. The minimum Gasteiger partial charge on any atom is -0.454 e. The summed E-state index contributed by atoms with van der Waals surface area (Å²) in [6, 6.07) is 5.47. The van der Waals surface area contributed by atoms with Gasteiger partial charge < -0.3 is 9.64 Å². The molecule has 0 radical (unpaired) electrons. The maximum Gasteiger partial charge on any atom is 0.329 e. The maximum atomic E-state index is 12.8. The fourth-order valence-corrected chi connectivity index (χ4v) is 3.98. The standard InChI is InChI=1S/C22H28N2O5/c1-14(2)11-18(24-20(26)16-8-4-5-9-17(16)21(24)27)22(28)29-13-19(25)23-10-6-7-15(3)12-23/h4-5,8-9,14-15,18H,6-7,10-13H2,1-3H3/t15-,18+/m0/s1. The molecule has 3 amide bonds. The average Bonchev–Trinajstić information content (AvgIpc) is 2.94. The largest absolute Gasteiger partial charge is 0.454 e. The number of piperidine rings is 1. The van der Waals surface area contributed by atoms with Crippen LogP contribution < -0.4 is 0 Å². The third-order valence-corrected chi connectivity index (χ3v) is 5.45. The summed E-state index contributed by atoms with van der Waals surface area (Å²) in [7, 11) is 0. The first-order valence-electron chi connectivity index (χ1n) is 10.2. The minimum absolute atomic E-state index is 0.0514. The fourth-order valence-electron chi connectivity index (χ4n) is 3.98. The topological polar surface area (TPSA) is 84.0 Å². The van der Waals surface area contributed by atoms with Crippen molar-refractivity contribution < 1.29 is 23.9 Å². The molecule has 2 atom stereocenters. The third-order valence-electron chi connectivity index (χ3n) is 5.45. The average molecular weight is 400 g/mol. The highest BCUT2D eigenvalue weighted by atomic mass is 16.5. The van der Waals surface area contributed by atoms with E-state index >= 15 is 0 Å². The molecule has 0 N–H and O–H groups in total. The van der Waals surface area contributed by atoms with Crippen LogP contribution in [0.15, 0.2) is 24.3 Å². The van der Waals surface area contributed by atoms with E-state index in [1.165, 1.54) is 0 Å². The van der Waals surface area contributed by atoms with Gasteiger partial charge in [-0.15, -0.1) is 0 Å². The molecule has 1 aromatic rings. The third kappa shape index (κ3) is 4.49. The number of nitrogens with zero attached hydrogens (tertiary/aromatic N) is 2. The van der Waals surface area contributed by atoms with Crippen molar-refractivity contribution in [2.45, 2.75) is 46.1 Å². The number of rotatable bonds is 6. The van der Waals surface area contributed by atoms with Gasteiger partial charge >= 0.3 is 5.97 Å². The predicted molar refractivity (Wildman–Crippen MR) is 106 cm³/mol. The second-order valence-electron chi connectivity index (χ2n) is 8.37. The van der Waals surface area contributed by atoms with E-state index in [-0.39, 0.29) is 36.0 Å². The first-order chi connectivity index (χ1) is 13.8. The lowest BCUT2D eigenvalue weighted by molar-refractivity contribution is -0.156. The van der Waals surface area contributed by atoms with Crippen LogP contribution >= 0.6 is 0 Å². The van der Waals surface area contributed by atoms with Crippen LogP contribution in [0.25, 0.3) is 0 Å². The number of hydrogen-bond donors (Lipinski definition) is 0. The van der Waals surface area contributed by atoms with Gasteiger partial charge in [-0.2, -0.15) is 0 Å². The van der Waals surface area contributed by atoms with Gasteiger partial charge in [0, 0.05) is 13.1 Å². The van der Waals surface area contributed by atoms with Crippen molar-refractivity contribution >= 4 is 23.7 Å². The lowest BCUT2D eigenvalue weighted by atomic mass is 10.0. The molecule has 2 heterocycles. The molecule has 3 rings (SSSR count). The molecule has 0 spiro atoms. The van der Waals surface area contributed by atoms with Crippen molar-refractivity contribution in [1.29, 1.82) is 0 Å². The molecule has 1 aromatic carbocycles. The Morgan fingerprint density at radius 3 is 2.31 bits per heavy atom. The number of amides is 3. The lowest BCUT2D eigenvalue weighted by Gasteiger charge is -2.31. The zero-order valence-corrected chi connectivity index (χ0v) is 17.2. The van der Waals surface area contributed by atoms with Crippen molar-refractivity contribution in [3.63, 3.8) is 0 Å². The molecule has 0 bridgehead atoms. The normalized spacial score (nSPS) is 20.1. The number of imide groups is 1. The van der Waals surface area contributed by atoms with E-state index in [0.717, 1.165) is 17.7 Å². The maximum absolute atomic E-state index is 12.8. The zero-order chi connectivity index (χ0) is 21.1. The monoisotopic (exact) mass is 400 g/mol. The van der Waals surface area contributed by atoms with Gasteiger partial charge in [-0.25, -0.2) is 4.79 Å². The van der Waals surface area contributed by atoms with Crippen molar-refractivity contribution in [3.05, 3.63) is 35.4 Å². The van der Waals surface area contributed by atoms with Crippen LogP contribution in [0.5, 0.6) is 0 Å². The lowest BCUT2D eigenvalue weighted by Crippen LogP contribution is -2.47. The van der Waals surface area contributed by atoms with Crippen molar-refractivity contribution in [1.82, 2.24) is 9.80 Å². The van der Waals surface area contributed by atoms with Crippen LogP contribution in [0.1, 0.15) is 60.7 Å². The predicted octanol–water partition coefficient (Wildman–Crippen LogP) is 2.50. The van der Waals surface area contributed by atoms with Gasteiger partial charge in [0.1, 0.15) is 6.04 Å². The Balaban J connectivity index is 1.70. The summed E-state index contributed by atoms with van der Waals surface area (Å²) < 4.78 is 5.29. The summed E-state index contributed by atoms with van der Waals surface area (Å²) >= 11 is 0. The van der Waals surface area contributed by atoms with E-state index in [4.69, 9.17) is 4.74 Å². The van der Waals surface area contributed by atoms with Gasteiger partial charge in [0.15, 0.2) is 6.61 Å².